The van der Waals surface area contributed by atoms with E-state index in [2.05, 4.69) is 36.6 Å². The second kappa shape index (κ2) is 10.2. The Bertz CT molecular complexity index is 672. The number of rotatable bonds is 7. The second-order valence-electron chi connectivity index (χ2n) is 5.89. The molecule has 5 nitrogen and oxygen atoms in total. The molecule has 1 aromatic heterocycles. The van der Waals surface area contributed by atoms with Crippen LogP contribution >= 0.6 is 23.7 Å². The van der Waals surface area contributed by atoms with Gasteiger partial charge in [0.1, 0.15) is 0 Å². The van der Waals surface area contributed by atoms with Gasteiger partial charge in [-0.15, -0.1) is 23.7 Å². The lowest BCUT2D eigenvalue weighted by Gasteiger charge is -2.14. The minimum absolute atomic E-state index is 0. The summed E-state index contributed by atoms with van der Waals surface area (Å²) in [5, 5.41) is 7.15. The van der Waals surface area contributed by atoms with E-state index < -0.39 is 0 Å². The van der Waals surface area contributed by atoms with Crippen LogP contribution in [0.3, 0.4) is 0 Å². The Morgan fingerprint density at radius 2 is 1.72 bits per heavy atom. The molecule has 1 heterocycles. The number of nitrogens with one attached hydrogen (secondary N) is 2. The Hall–Kier alpha value is -1.89. The van der Waals surface area contributed by atoms with Crippen molar-refractivity contribution in [3.63, 3.8) is 0 Å². The van der Waals surface area contributed by atoms with Crippen LogP contribution in [0.1, 0.15) is 46.6 Å². The summed E-state index contributed by atoms with van der Waals surface area (Å²) in [6, 6.07) is 11.3. The minimum Gasteiger partial charge on any atom is -0.353 e. The van der Waals surface area contributed by atoms with Crippen LogP contribution in [-0.2, 0) is 4.79 Å². The van der Waals surface area contributed by atoms with Crippen molar-refractivity contribution in [3.8, 4) is 0 Å². The number of nitrogens with two attached hydrogens (primary N) is 1. The Morgan fingerprint density at radius 1 is 1.08 bits per heavy atom. The van der Waals surface area contributed by atoms with Gasteiger partial charge in [-0.3, -0.25) is 9.59 Å². The fourth-order valence-electron chi connectivity index (χ4n) is 2.19. The molecule has 0 spiro atoms. The first-order chi connectivity index (χ1) is 11.5. The van der Waals surface area contributed by atoms with E-state index in [-0.39, 0.29) is 36.8 Å². The second-order valence-corrected chi connectivity index (χ2v) is 6.84. The van der Waals surface area contributed by atoms with Crippen LogP contribution in [0.15, 0.2) is 41.8 Å². The largest absolute Gasteiger partial charge is 0.353 e. The Labute approximate surface area is 158 Å². The zero-order valence-electron chi connectivity index (χ0n) is 14.3. The molecule has 136 valence electrons. The molecule has 0 fully saturated rings. The standard InChI is InChI=1S/C18H23N3O2S.ClH/c1-12(2)13-5-7-14(8-6-13)15(19)10-20-17(22)11-21-18(23)16-4-3-9-24-16;/h3-9,12,15H,10-11,19H2,1-2H3,(H,20,22)(H,21,23);1H. The lowest BCUT2D eigenvalue weighted by Crippen LogP contribution is -2.39. The van der Waals surface area contributed by atoms with Gasteiger partial charge >= 0.3 is 0 Å². The summed E-state index contributed by atoms with van der Waals surface area (Å²) >= 11 is 1.34. The number of hydrogen-bond donors (Lipinski definition) is 3. The Balaban J connectivity index is 0.00000312. The molecule has 0 saturated carbocycles. The maximum Gasteiger partial charge on any atom is 0.261 e. The van der Waals surface area contributed by atoms with Crippen molar-refractivity contribution in [1.29, 1.82) is 0 Å². The summed E-state index contributed by atoms with van der Waals surface area (Å²) in [6.07, 6.45) is 0. The summed E-state index contributed by atoms with van der Waals surface area (Å²) in [6.45, 7) is 4.55. The van der Waals surface area contributed by atoms with Crippen LogP contribution in [0, 0.1) is 0 Å². The van der Waals surface area contributed by atoms with Crippen molar-refractivity contribution < 1.29 is 9.59 Å². The van der Waals surface area contributed by atoms with Crippen LogP contribution in [0.25, 0.3) is 0 Å². The van der Waals surface area contributed by atoms with Gasteiger partial charge in [0, 0.05) is 12.6 Å². The van der Waals surface area contributed by atoms with Crippen LogP contribution in [0.5, 0.6) is 0 Å². The van der Waals surface area contributed by atoms with Crippen molar-refractivity contribution in [1.82, 2.24) is 10.6 Å². The van der Waals surface area contributed by atoms with Gasteiger partial charge in [-0.05, 0) is 28.5 Å². The normalized spacial score (nSPS) is 11.5. The molecule has 0 bridgehead atoms. The molecule has 4 N–H and O–H groups in total. The highest BCUT2D eigenvalue weighted by Crippen LogP contribution is 2.17. The molecule has 1 unspecified atom stereocenters. The quantitative estimate of drug-likeness (QED) is 0.689. The highest BCUT2D eigenvalue weighted by molar-refractivity contribution is 7.12. The first kappa shape index (κ1) is 21.2. The summed E-state index contributed by atoms with van der Waals surface area (Å²) in [4.78, 5) is 24.2. The van der Waals surface area contributed by atoms with Gasteiger partial charge in [0.05, 0.1) is 11.4 Å². The number of carbonyl (C=O) groups is 2. The predicted octanol–water partition coefficient (Wildman–Crippen LogP) is 2.84. The molecule has 1 atom stereocenters. The van der Waals surface area contributed by atoms with Crippen molar-refractivity contribution in [2.24, 2.45) is 5.73 Å². The molecule has 0 saturated heterocycles. The van der Waals surface area contributed by atoms with Crippen molar-refractivity contribution in [2.45, 2.75) is 25.8 Å². The molecule has 0 aliphatic carbocycles. The van der Waals surface area contributed by atoms with Gasteiger partial charge in [0.25, 0.3) is 5.91 Å². The van der Waals surface area contributed by atoms with Crippen LogP contribution in [0.2, 0.25) is 0 Å². The third-order valence-electron chi connectivity index (χ3n) is 3.70. The average molecular weight is 382 g/mol. The Morgan fingerprint density at radius 3 is 2.28 bits per heavy atom. The van der Waals surface area contributed by atoms with Crippen LogP contribution in [0.4, 0.5) is 0 Å². The predicted molar refractivity (Wildman–Crippen MR) is 104 cm³/mol. The average Bonchev–Trinajstić information content (AvgIpc) is 3.12. The minimum atomic E-state index is -0.275. The van der Waals surface area contributed by atoms with Gasteiger partial charge < -0.3 is 16.4 Å². The molecule has 1 aromatic carbocycles. The van der Waals surface area contributed by atoms with E-state index >= 15 is 0 Å². The van der Waals surface area contributed by atoms with E-state index in [9.17, 15) is 9.59 Å². The van der Waals surface area contributed by atoms with Gasteiger partial charge in [-0.25, -0.2) is 0 Å². The molecule has 2 amide bonds. The van der Waals surface area contributed by atoms with E-state index in [0.29, 0.717) is 17.3 Å². The number of carbonyl (C=O) groups excluding carboxylic acids is 2. The van der Waals surface area contributed by atoms with Gasteiger partial charge in [-0.1, -0.05) is 44.2 Å². The molecule has 25 heavy (non-hydrogen) atoms. The molecule has 0 aliphatic rings. The summed E-state index contributed by atoms with van der Waals surface area (Å²) in [5.74, 6) is -0.0233. The first-order valence-electron chi connectivity index (χ1n) is 7.91. The topological polar surface area (TPSA) is 84.2 Å². The van der Waals surface area contributed by atoms with E-state index in [1.165, 1.54) is 16.9 Å². The number of amides is 2. The number of hydrogen-bond acceptors (Lipinski definition) is 4. The third kappa shape index (κ3) is 6.49. The highest BCUT2D eigenvalue weighted by atomic mass is 35.5. The molecular formula is C18H24ClN3O2S. The van der Waals surface area contributed by atoms with Crippen LogP contribution < -0.4 is 16.4 Å². The van der Waals surface area contributed by atoms with Crippen molar-refractivity contribution in [3.05, 3.63) is 57.8 Å². The molecule has 2 aromatic rings. The number of benzene rings is 1. The first-order valence-corrected chi connectivity index (χ1v) is 8.79. The molecule has 0 radical (unpaired) electrons. The zero-order valence-corrected chi connectivity index (χ0v) is 16.0. The van der Waals surface area contributed by atoms with E-state index in [1.807, 2.05) is 17.5 Å². The van der Waals surface area contributed by atoms with Gasteiger partial charge in [0.15, 0.2) is 0 Å². The van der Waals surface area contributed by atoms with Gasteiger partial charge in [-0.2, -0.15) is 0 Å². The third-order valence-corrected chi connectivity index (χ3v) is 4.57. The smallest absolute Gasteiger partial charge is 0.261 e. The molecule has 0 aliphatic heterocycles. The fourth-order valence-corrected chi connectivity index (χ4v) is 2.83. The fraction of sp³-hybridized carbons (Fsp3) is 0.333. The molecule has 2 rings (SSSR count). The maximum absolute atomic E-state index is 11.8. The zero-order chi connectivity index (χ0) is 17.5. The lowest BCUT2D eigenvalue weighted by atomic mass is 9.99. The van der Waals surface area contributed by atoms with E-state index in [4.69, 9.17) is 5.73 Å². The van der Waals surface area contributed by atoms with E-state index in [1.54, 1.807) is 12.1 Å². The van der Waals surface area contributed by atoms with Gasteiger partial charge in [0.2, 0.25) is 5.91 Å². The number of thiophene rings is 1. The lowest BCUT2D eigenvalue weighted by molar-refractivity contribution is -0.120. The summed E-state index contributed by atoms with van der Waals surface area (Å²) in [7, 11) is 0. The number of halogens is 1. The van der Waals surface area contributed by atoms with Crippen LogP contribution in [-0.4, -0.2) is 24.9 Å². The molecular weight excluding hydrogens is 358 g/mol. The Kier molecular flexibility index (Phi) is 8.61. The summed E-state index contributed by atoms with van der Waals surface area (Å²) < 4.78 is 0. The van der Waals surface area contributed by atoms with E-state index in [0.717, 1.165) is 5.56 Å². The van der Waals surface area contributed by atoms with Crippen molar-refractivity contribution >= 4 is 35.6 Å². The van der Waals surface area contributed by atoms with Crippen molar-refractivity contribution in [2.75, 3.05) is 13.1 Å². The summed E-state index contributed by atoms with van der Waals surface area (Å²) in [5.41, 5.74) is 8.33. The maximum atomic E-state index is 11.8. The monoisotopic (exact) mass is 381 g/mol. The SMILES string of the molecule is CC(C)c1ccc(C(N)CNC(=O)CNC(=O)c2cccs2)cc1.Cl. The molecule has 7 heteroatoms. The highest BCUT2D eigenvalue weighted by Gasteiger charge is 2.11.